The minimum Gasteiger partial charge on any atom is -0.334 e. The van der Waals surface area contributed by atoms with Crippen LogP contribution in [-0.2, 0) is 0 Å². The van der Waals surface area contributed by atoms with Crippen molar-refractivity contribution in [2.45, 2.75) is 6.04 Å². The fraction of sp³-hybridized carbons (Fsp3) is 0.125. The van der Waals surface area contributed by atoms with E-state index in [0.717, 1.165) is 22.4 Å². The Bertz CT molecular complexity index is 1180. The number of benzene rings is 3. The molecule has 0 unspecified atom stereocenters. The molecule has 0 N–H and O–H groups in total. The van der Waals surface area contributed by atoms with Gasteiger partial charge in [0.05, 0.1) is 12.2 Å². The zero-order valence-electron chi connectivity index (χ0n) is 16.1. The minimum absolute atomic E-state index is 0.0345. The topological polar surface area (TPSA) is 51.0 Å². The molecule has 0 atom stereocenters. The quantitative estimate of drug-likeness (QED) is 0.474. The number of nitrogens with zero attached hydrogens (tertiary/aromatic N) is 4. The molecule has 1 fully saturated rings. The Kier molecular flexibility index (Phi) is 4.81. The molecule has 6 heteroatoms. The van der Waals surface area contributed by atoms with Crippen LogP contribution in [0.5, 0.6) is 0 Å². The van der Waals surface area contributed by atoms with Gasteiger partial charge in [-0.15, -0.1) is 5.10 Å². The zero-order valence-corrected chi connectivity index (χ0v) is 16.9. The van der Waals surface area contributed by atoms with Gasteiger partial charge in [0, 0.05) is 29.2 Å². The Morgan fingerprint density at radius 2 is 1.60 bits per heavy atom. The number of carbonyl (C=O) groups is 1. The molecule has 5 rings (SSSR count). The van der Waals surface area contributed by atoms with Crippen molar-refractivity contribution in [3.8, 4) is 22.4 Å². The van der Waals surface area contributed by atoms with Crippen molar-refractivity contribution >= 4 is 17.5 Å². The maximum atomic E-state index is 12.8. The third kappa shape index (κ3) is 3.60. The maximum Gasteiger partial charge on any atom is 0.253 e. The lowest BCUT2D eigenvalue weighted by molar-refractivity contribution is 0.0498. The lowest BCUT2D eigenvalue weighted by atomic mass is 10.0. The fourth-order valence-corrected chi connectivity index (χ4v) is 3.83. The molecule has 1 aliphatic heterocycles. The van der Waals surface area contributed by atoms with Crippen LogP contribution in [0.4, 0.5) is 0 Å². The molecule has 1 aromatic heterocycles. The van der Waals surface area contributed by atoms with Crippen molar-refractivity contribution in [3.05, 3.63) is 95.6 Å². The van der Waals surface area contributed by atoms with Gasteiger partial charge in [0.1, 0.15) is 5.69 Å². The lowest BCUT2D eigenvalue weighted by Gasteiger charge is -2.38. The lowest BCUT2D eigenvalue weighted by Crippen LogP contribution is -2.50. The number of likely N-dealkylation sites (tertiary alicyclic amines) is 1. The van der Waals surface area contributed by atoms with Gasteiger partial charge >= 0.3 is 0 Å². The van der Waals surface area contributed by atoms with Gasteiger partial charge in [0.15, 0.2) is 0 Å². The van der Waals surface area contributed by atoms with Crippen LogP contribution in [0.25, 0.3) is 22.4 Å². The average Bonchev–Trinajstić information content (AvgIpc) is 3.23. The van der Waals surface area contributed by atoms with Gasteiger partial charge in [-0.05, 0) is 35.4 Å². The maximum absolute atomic E-state index is 12.8. The second-order valence-electron chi connectivity index (χ2n) is 7.40. The van der Waals surface area contributed by atoms with E-state index in [4.69, 9.17) is 11.6 Å². The Morgan fingerprint density at radius 3 is 2.33 bits per heavy atom. The summed E-state index contributed by atoms with van der Waals surface area (Å²) in [5.74, 6) is 0.0345. The van der Waals surface area contributed by atoms with E-state index in [1.54, 1.807) is 0 Å². The van der Waals surface area contributed by atoms with Gasteiger partial charge in [0.2, 0.25) is 0 Å². The van der Waals surface area contributed by atoms with Crippen molar-refractivity contribution in [1.82, 2.24) is 19.9 Å². The molecule has 0 spiro atoms. The first-order chi connectivity index (χ1) is 14.7. The Balaban J connectivity index is 1.23. The summed E-state index contributed by atoms with van der Waals surface area (Å²) in [6.45, 7) is 1.26. The number of aromatic nitrogens is 3. The number of amides is 1. The largest absolute Gasteiger partial charge is 0.334 e. The van der Waals surface area contributed by atoms with E-state index in [1.807, 2.05) is 94.6 Å². The highest BCUT2D eigenvalue weighted by Gasteiger charge is 2.33. The first kappa shape index (κ1) is 18.6. The van der Waals surface area contributed by atoms with Crippen LogP contribution < -0.4 is 0 Å². The SMILES string of the molecule is O=C(c1ccc(-c2cccc(Cl)c2)cc1)N1CC(n2cc(-c3ccccc3)nn2)C1. The number of carbonyl (C=O) groups excluding carboxylic acids is 1. The molecular formula is C24H19ClN4O. The van der Waals surface area contributed by atoms with Crippen molar-refractivity contribution in [1.29, 1.82) is 0 Å². The zero-order chi connectivity index (χ0) is 20.5. The molecule has 1 amide bonds. The van der Waals surface area contributed by atoms with E-state index >= 15 is 0 Å². The number of hydrogen-bond donors (Lipinski definition) is 0. The van der Waals surface area contributed by atoms with Crippen LogP contribution in [-0.4, -0.2) is 38.9 Å². The predicted molar refractivity (Wildman–Crippen MR) is 117 cm³/mol. The normalized spacial score (nSPS) is 13.8. The highest BCUT2D eigenvalue weighted by atomic mass is 35.5. The highest BCUT2D eigenvalue weighted by molar-refractivity contribution is 6.30. The summed E-state index contributed by atoms with van der Waals surface area (Å²) in [5.41, 5.74) is 4.63. The van der Waals surface area contributed by atoms with Crippen molar-refractivity contribution < 1.29 is 4.79 Å². The molecular weight excluding hydrogens is 396 g/mol. The van der Waals surface area contributed by atoms with Gasteiger partial charge in [-0.3, -0.25) is 4.79 Å². The third-order valence-corrected chi connectivity index (χ3v) is 5.63. The smallest absolute Gasteiger partial charge is 0.253 e. The van der Waals surface area contributed by atoms with E-state index < -0.39 is 0 Å². The predicted octanol–water partition coefficient (Wildman–Crippen LogP) is 4.96. The van der Waals surface area contributed by atoms with Gasteiger partial charge < -0.3 is 4.90 Å². The molecule has 0 bridgehead atoms. The number of halogens is 1. The van der Waals surface area contributed by atoms with Gasteiger partial charge in [-0.2, -0.15) is 0 Å². The molecule has 30 heavy (non-hydrogen) atoms. The summed E-state index contributed by atoms with van der Waals surface area (Å²) < 4.78 is 1.86. The van der Waals surface area contributed by atoms with Gasteiger partial charge in [-0.25, -0.2) is 4.68 Å². The van der Waals surface area contributed by atoms with Gasteiger partial charge in [0.25, 0.3) is 5.91 Å². The minimum atomic E-state index is 0.0345. The van der Waals surface area contributed by atoms with E-state index in [-0.39, 0.29) is 11.9 Å². The van der Waals surface area contributed by atoms with E-state index in [0.29, 0.717) is 23.7 Å². The van der Waals surface area contributed by atoms with E-state index in [2.05, 4.69) is 10.3 Å². The third-order valence-electron chi connectivity index (χ3n) is 5.39. The van der Waals surface area contributed by atoms with Crippen LogP contribution in [0.15, 0.2) is 85.1 Å². The first-order valence-corrected chi connectivity index (χ1v) is 10.2. The van der Waals surface area contributed by atoms with Crippen LogP contribution >= 0.6 is 11.6 Å². The average molecular weight is 415 g/mol. The summed E-state index contributed by atoms with van der Waals surface area (Å²) >= 11 is 6.07. The van der Waals surface area contributed by atoms with Crippen LogP contribution in [0.3, 0.4) is 0 Å². The second-order valence-corrected chi connectivity index (χ2v) is 7.84. The summed E-state index contributed by atoms with van der Waals surface area (Å²) in [5, 5.41) is 9.21. The molecule has 2 heterocycles. The number of rotatable bonds is 4. The van der Waals surface area contributed by atoms with E-state index in [9.17, 15) is 4.79 Å². The summed E-state index contributed by atoms with van der Waals surface area (Å²) in [6.07, 6.45) is 1.95. The van der Waals surface area contributed by atoms with Crippen LogP contribution in [0, 0.1) is 0 Å². The van der Waals surface area contributed by atoms with Crippen molar-refractivity contribution in [2.24, 2.45) is 0 Å². The molecule has 1 saturated heterocycles. The summed E-state index contributed by atoms with van der Waals surface area (Å²) in [4.78, 5) is 14.6. The molecule has 5 nitrogen and oxygen atoms in total. The fourth-order valence-electron chi connectivity index (χ4n) is 3.64. The van der Waals surface area contributed by atoms with Gasteiger partial charge in [-0.1, -0.05) is 71.4 Å². The van der Waals surface area contributed by atoms with Crippen molar-refractivity contribution in [2.75, 3.05) is 13.1 Å². The molecule has 0 aliphatic carbocycles. The highest BCUT2D eigenvalue weighted by Crippen LogP contribution is 2.27. The van der Waals surface area contributed by atoms with Crippen molar-refractivity contribution in [3.63, 3.8) is 0 Å². The van der Waals surface area contributed by atoms with E-state index in [1.165, 1.54) is 0 Å². The summed E-state index contributed by atoms with van der Waals surface area (Å²) in [7, 11) is 0. The first-order valence-electron chi connectivity index (χ1n) is 9.80. The molecule has 0 radical (unpaired) electrons. The molecule has 0 saturated carbocycles. The monoisotopic (exact) mass is 414 g/mol. The molecule has 1 aliphatic rings. The Labute approximate surface area is 179 Å². The van der Waals surface area contributed by atoms with Crippen LogP contribution in [0.1, 0.15) is 16.4 Å². The Hall–Kier alpha value is -3.44. The molecule has 148 valence electrons. The molecule has 4 aromatic rings. The van der Waals surface area contributed by atoms with Crippen LogP contribution in [0.2, 0.25) is 5.02 Å². The Morgan fingerprint density at radius 1 is 0.867 bits per heavy atom. The standard InChI is InChI=1S/C24H19ClN4O/c25-21-8-4-7-20(13-21)17-9-11-19(12-10-17)24(30)28-14-22(15-28)29-16-23(26-27-29)18-5-2-1-3-6-18/h1-13,16,22H,14-15H2. The summed E-state index contributed by atoms with van der Waals surface area (Å²) in [6, 6.07) is 25.5. The molecule has 3 aromatic carbocycles. The number of hydrogen-bond acceptors (Lipinski definition) is 3. The second kappa shape index (κ2) is 7.76.